The molecule has 0 spiro atoms. The van der Waals surface area contributed by atoms with Gasteiger partial charge in [0.15, 0.2) is 0 Å². The number of halogens is 2. The van der Waals surface area contributed by atoms with Crippen molar-refractivity contribution in [3.63, 3.8) is 0 Å². The van der Waals surface area contributed by atoms with Crippen molar-refractivity contribution in [2.75, 3.05) is 0 Å². The highest BCUT2D eigenvalue weighted by Crippen LogP contribution is 2.14. The molecule has 0 fully saturated rings. The Morgan fingerprint density at radius 3 is 2.81 bits per heavy atom. The first-order chi connectivity index (χ1) is 7.69. The van der Waals surface area contributed by atoms with Crippen molar-refractivity contribution in [1.29, 1.82) is 0 Å². The van der Waals surface area contributed by atoms with Crippen molar-refractivity contribution in [2.45, 2.75) is 19.9 Å². The van der Waals surface area contributed by atoms with Crippen molar-refractivity contribution in [3.8, 4) is 0 Å². The Kier molecular flexibility index (Phi) is 3.25. The van der Waals surface area contributed by atoms with Gasteiger partial charge in [-0.1, -0.05) is 30.7 Å². The van der Waals surface area contributed by atoms with Gasteiger partial charge in [0.25, 0.3) is 0 Å². The quantitative estimate of drug-likeness (QED) is 0.803. The van der Waals surface area contributed by atoms with Crippen molar-refractivity contribution in [3.05, 3.63) is 52.6 Å². The van der Waals surface area contributed by atoms with Gasteiger partial charge in [0.2, 0.25) is 0 Å². The third-order valence-electron chi connectivity index (χ3n) is 2.37. The second-order valence-corrected chi connectivity index (χ2v) is 3.99. The predicted octanol–water partition coefficient (Wildman–Crippen LogP) is 3.29. The molecule has 0 aliphatic carbocycles. The molecule has 0 radical (unpaired) electrons. The highest BCUT2D eigenvalue weighted by molar-refractivity contribution is 6.29. The van der Waals surface area contributed by atoms with Gasteiger partial charge < -0.3 is 0 Å². The van der Waals surface area contributed by atoms with Crippen molar-refractivity contribution < 1.29 is 4.39 Å². The summed E-state index contributed by atoms with van der Waals surface area (Å²) in [6.45, 7) is 2.52. The van der Waals surface area contributed by atoms with Gasteiger partial charge in [-0.25, -0.2) is 9.07 Å². The lowest BCUT2D eigenvalue weighted by atomic mass is 10.2. The Bertz CT molecular complexity index is 494. The standard InChI is InChI=1S/C12H12ClFN2/c1-2-11-7-12(13)16(15-11)8-9-4-3-5-10(14)6-9/h3-7H,2,8H2,1H3. The van der Waals surface area contributed by atoms with E-state index < -0.39 is 0 Å². The van der Waals surface area contributed by atoms with E-state index in [0.29, 0.717) is 11.7 Å². The van der Waals surface area contributed by atoms with E-state index in [2.05, 4.69) is 5.10 Å². The van der Waals surface area contributed by atoms with Gasteiger partial charge >= 0.3 is 0 Å². The number of rotatable bonds is 3. The largest absolute Gasteiger partial charge is 0.249 e. The summed E-state index contributed by atoms with van der Waals surface area (Å²) in [6, 6.07) is 8.28. The molecule has 0 saturated carbocycles. The molecule has 16 heavy (non-hydrogen) atoms. The average molecular weight is 239 g/mol. The third kappa shape index (κ3) is 2.42. The monoisotopic (exact) mass is 238 g/mol. The molecule has 1 aromatic heterocycles. The third-order valence-corrected chi connectivity index (χ3v) is 2.67. The second-order valence-electron chi connectivity index (χ2n) is 3.60. The number of aryl methyl sites for hydroxylation is 1. The smallest absolute Gasteiger partial charge is 0.127 e. The maximum absolute atomic E-state index is 13.0. The van der Waals surface area contributed by atoms with Crippen LogP contribution >= 0.6 is 11.6 Å². The molecule has 0 aliphatic heterocycles. The first kappa shape index (κ1) is 11.1. The highest BCUT2D eigenvalue weighted by Gasteiger charge is 2.05. The van der Waals surface area contributed by atoms with Crippen LogP contribution in [-0.2, 0) is 13.0 Å². The lowest BCUT2D eigenvalue weighted by molar-refractivity contribution is 0.618. The Hall–Kier alpha value is -1.35. The zero-order valence-electron chi connectivity index (χ0n) is 8.95. The van der Waals surface area contributed by atoms with Crippen LogP contribution in [0, 0.1) is 5.82 Å². The summed E-state index contributed by atoms with van der Waals surface area (Å²) < 4.78 is 14.7. The number of aromatic nitrogens is 2. The summed E-state index contributed by atoms with van der Waals surface area (Å²) in [6.07, 6.45) is 0.843. The Morgan fingerprint density at radius 2 is 2.19 bits per heavy atom. The van der Waals surface area contributed by atoms with Crippen LogP contribution in [0.3, 0.4) is 0 Å². The fraction of sp³-hybridized carbons (Fsp3) is 0.250. The minimum atomic E-state index is -0.239. The van der Waals surface area contributed by atoms with Crippen LogP contribution in [0.15, 0.2) is 30.3 Å². The van der Waals surface area contributed by atoms with Gasteiger partial charge in [0.05, 0.1) is 12.2 Å². The number of hydrogen-bond donors (Lipinski definition) is 0. The summed E-state index contributed by atoms with van der Waals surface area (Å²) in [5.74, 6) is -0.239. The van der Waals surface area contributed by atoms with E-state index in [9.17, 15) is 4.39 Å². The molecule has 84 valence electrons. The molecule has 0 aliphatic rings. The highest BCUT2D eigenvalue weighted by atomic mass is 35.5. The topological polar surface area (TPSA) is 17.8 Å². The van der Waals surface area contributed by atoms with E-state index in [4.69, 9.17) is 11.6 Å². The van der Waals surface area contributed by atoms with Crippen LogP contribution < -0.4 is 0 Å². The second kappa shape index (κ2) is 4.66. The average Bonchev–Trinajstić information content (AvgIpc) is 2.60. The predicted molar refractivity (Wildman–Crippen MR) is 62.1 cm³/mol. The first-order valence-corrected chi connectivity index (χ1v) is 5.53. The fourth-order valence-electron chi connectivity index (χ4n) is 1.54. The molecule has 1 heterocycles. The minimum Gasteiger partial charge on any atom is -0.249 e. The molecule has 0 unspecified atom stereocenters. The van der Waals surface area contributed by atoms with E-state index in [-0.39, 0.29) is 5.82 Å². The summed E-state index contributed by atoms with van der Waals surface area (Å²) >= 11 is 6.02. The van der Waals surface area contributed by atoms with Crippen molar-refractivity contribution >= 4 is 11.6 Å². The van der Waals surface area contributed by atoms with Crippen LogP contribution in [0.2, 0.25) is 5.15 Å². The molecule has 0 amide bonds. The summed E-state index contributed by atoms with van der Waals surface area (Å²) in [5, 5.41) is 4.90. The van der Waals surface area contributed by atoms with Crippen LogP contribution in [0.4, 0.5) is 4.39 Å². The molecule has 2 aromatic rings. The lowest BCUT2D eigenvalue weighted by Crippen LogP contribution is -2.02. The van der Waals surface area contributed by atoms with Gasteiger partial charge in [-0.2, -0.15) is 5.10 Å². The maximum atomic E-state index is 13.0. The SMILES string of the molecule is CCc1cc(Cl)n(Cc2cccc(F)c2)n1. The minimum absolute atomic E-state index is 0.239. The molecular weight excluding hydrogens is 227 g/mol. The van der Waals surface area contributed by atoms with Crippen molar-refractivity contribution in [2.24, 2.45) is 0 Å². The van der Waals surface area contributed by atoms with Crippen LogP contribution in [0.5, 0.6) is 0 Å². The zero-order chi connectivity index (χ0) is 11.5. The van der Waals surface area contributed by atoms with E-state index in [1.54, 1.807) is 10.7 Å². The molecule has 2 nitrogen and oxygen atoms in total. The van der Waals surface area contributed by atoms with E-state index in [1.165, 1.54) is 12.1 Å². The molecule has 1 aromatic carbocycles. The van der Waals surface area contributed by atoms with Gasteiger partial charge in [-0.15, -0.1) is 0 Å². The number of benzene rings is 1. The Balaban J connectivity index is 2.23. The van der Waals surface area contributed by atoms with Crippen LogP contribution in [0.1, 0.15) is 18.2 Å². The lowest BCUT2D eigenvalue weighted by Gasteiger charge is -2.03. The van der Waals surface area contributed by atoms with Crippen LogP contribution in [-0.4, -0.2) is 9.78 Å². The zero-order valence-corrected chi connectivity index (χ0v) is 9.71. The summed E-state index contributed by atoms with van der Waals surface area (Å²) in [7, 11) is 0. The molecular formula is C12H12ClFN2. The first-order valence-electron chi connectivity index (χ1n) is 5.15. The molecule has 0 bridgehead atoms. The van der Waals surface area contributed by atoms with E-state index >= 15 is 0 Å². The molecule has 0 saturated heterocycles. The Morgan fingerprint density at radius 1 is 1.38 bits per heavy atom. The van der Waals surface area contributed by atoms with Gasteiger partial charge in [0, 0.05) is 0 Å². The summed E-state index contributed by atoms with van der Waals surface area (Å²) in [5.41, 5.74) is 1.80. The molecule has 0 atom stereocenters. The van der Waals surface area contributed by atoms with E-state index in [0.717, 1.165) is 17.7 Å². The van der Waals surface area contributed by atoms with Gasteiger partial charge in [0.1, 0.15) is 11.0 Å². The maximum Gasteiger partial charge on any atom is 0.127 e. The van der Waals surface area contributed by atoms with Crippen molar-refractivity contribution in [1.82, 2.24) is 9.78 Å². The van der Waals surface area contributed by atoms with Crippen LogP contribution in [0.25, 0.3) is 0 Å². The van der Waals surface area contributed by atoms with E-state index in [1.807, 2.05) is 19.1 Å². The Labute approximate surface area is 98.7 Å². The molecule has 2 rings (SSSR count). The number of hydrogen-bond acceptors (Lipinski definition) is 1. The number of nitrogens with zero attached hydrogens (tertiary/aromatic N) is 2. The molecule has 4 heteroatoms. The summed E-state index contributed by atoms with van der Waals surface area (Å²) in [4.78, 5) is 0. The molecule has 0 N–H and O–H groups in total. The normalized spacial score (nSPS) is 10.7. The fourth-order valence-corrected chi connectivity index (χ4v) is 1.76. The van der Waals surface area contributed by atoms with Gasteiger partial charge in [-0.05, 0) is 30.2 Å². The van der Waals surface area contributed by atoms with Gasteiger partial charge in [-0.3, -0.25) is 0 Å².